The molecule has 3 aromatic heterocycles. The molecule has 0 N–H and O–H groups in total. The fourth-order valence-corrected chi connectivity index (χ4v) is 4.29. The van der Waals surface area contributed by atoms with E-state index < -0.39 is 0 Å². The largest absolute Gasteiger partial charge is 0.338 e. The molecule has 3 aromatic rings. The van der Waals surface area contributed by atoms with E-state index in [9.17, 15) is 4.79 Å². The zero-order valence-electron chi connectivity index (χ0n) is 14.6. The summed E-state index contributed by atoms with van der Waals surface area (Å²) in [6, 6.07) is 0. The fourth-order valence-electron chi connectivity index (χ4n) is 2.32. The van der Waals surface area contributed by atoms with Gasteiger partial charge in [-0.25, -0.2) is 4.98 Å². The molecule has 0 aliphatic rings. The molecule has 6 nitrogen and oxygen atoms in total. The van der Waals surface area contributed by atoms with Gasteiger partial charge in [0.05, 0.1) is 10.6 Å². The van der Waals surface area contributed by atoms with Gasteiger partial charge in [0.2, 0.25) is 5.89 Å². The molecule has 0 radical (unpaired) electrons. The minimum Gasteiger partial charge on any atom is -0.338 e. The van der Waals surface area contributed by atoms with Gasteiger partial charge in [0, 0.05) is 17.8 Å². The Balaban J connectivity index is 1.97. The maximum atomic E-state index is 12.7. The van der Waals surface area contributed by atoms with Gasteiger partial charge in [0.15, 0.2) is 11.0 Å². The summed E-state index contributed by atoms with van der Waals surface area (Å²) in [6.45, 7) is 10.0. The minimum absolute atomic E-state index is 0.00931. The molecule has 24 heavy (non-hydrogen) atoms. The molecule has 0 aliphatic heterocycles. The average molecular weight is 364 g/mol. The van der Waals surface area contributed by atoms with Crippen LogP contribution in [0.4, 0.5) is 0 Å². The van der Waals surface area contributed by atoms with Crippen molar-refractivity contribution < 1.29 is 4.52 Å². The van der Waals surface area contributed by atoms with Crippen molar-refractivity contribution in [1.29, 1.82) is 0 Å². The highest BCUT2D eigenvalue weighted by Gasteiger charge is 2.21. The smallest absolute Gasteiger partial charge is 0.262 e. The number of fused-ring (bicyclic) bond motifs is 1. The second-order valence-electron chi connectivity index (χ2n) is 6.13. The predicted octanol–water partition coefficient (Wildman–Crippen LogP) is 3.97. The fraction of sp³-hybridized carbons (Fsp3) is 0.500. The van der Waals surface area contributed by atoms with Gasteiger partial charge in [-0.3, -0.25) is 9.36 Å². The number of hydrogen-bond donors (Lipinski definition) is 0. The van der Waals surface area contributed by atoms with Gasteiger partial charge in [0.1, 0.15) is 4.83 Å². The lowest BCUT2D eigenvalue weighted by atomic mass is 10.2. The molecule has 0 amide bonds. The van der Waals surface area contributed by atoms with Gasteiger partial charge in [-0.1, -0.05) is 30.8 Å². The third-order valence-electron chi connectivity index (χ3n) is 3.97. The summed E-state index contributed by atoms with van der Waals surface area (Å²) in [5, 5.41) is 5.29. The van der Waals surface area contributed by atoms with Gasteiger partial charge >= 0.3 is 0 Å². The third-order valence-corrected chi connectivity index (χ3v) is 6.21. The second kappa shape index (κ2) is 6.33. The van der Waals surface area contributed by atoms with Crippen LogP contribution in [0, 0.1) is 13.8 Å². The van der Waals surface area contributed by atoms with Crippen molar-refractivity contribution in [2.45, 2.75) is 50.9 Å². The molecule has 0 aromatic carbocycles. The number of aromatic nitrogens is 4. The molecule has 0 saturated heterocycles. The Morgan fingerprint density at radius 2 is 1.92 bits per heavy atom. The lowest BCUT2D eigenvalue weighted by Gasteiger charge is -2.10. The maximum Gasteiger partial charge on any atom is 0.262 e. The van der Waals surface area contributed by atoms with Crippen LogP contribution >= 0.6 is 23.1 Å². The Morgan fingerprint density at radius 1 is 1.21 bits per heavy atom. The van der Waals surface area contributed by atoms with Gasteiger partial charge in [-0.2, -0.15) is 4.98 Å². The molecule has 0 spiro atoms. The van der Waals surface area contributed by atoms with Crippen LogP contribution in [0.1, 0.15) is 54.1 Å². The van der Waals surface area contributed by atoms with Crippen molar-refractivity contribution >= 4 is 33.3 Å². The monoisotopic (exact) mass is 364 g/mol. The lowest BCUT2D eigenvalue weighted by Crippen LogP contribution is -2.20. The van der Waals surface area contributed by atoms with E-state index in [4.69, 9.17) is 4.52 Å². The van der Waals surface area contributed by atoms with E-state index >= 15 is 0 Å². The highest BCUT2D eigenvalue weighted by Crippen LogP contribution is 2.34. The first-order valence-electron chi connectivity index (χ1n) is 7.76. The number of hydrogen-bond acceptors (Lipinski definition) is 7. The van der Waals surface area contributed by atoms with Gasteiger partial charge in [-0.15, -0.1) is 11.3 Å². The van der Waals surface area contributed by atoms with E-state index in [2.05, 4.69) is 15.1 Å². The molecule has 0 aliphatic carbocycles. The summed E-state index contributed by atoms with van der Waals surface area (Å²) in [5.41, 5.74) is 1.01. The van der Waals surface area contributed by atoms with E-state index in [1.54, 1.807) is 23.0 Å². The predicted molar refractivity (Wildman–Crippen MR) is 97.0 cm³/mol. The normalized spacial score (nSPS) is 13.1. The summed E-state index contributed by atoms with van der Waals surface area (Å²) >= 11 is 3.01. The zero-order chi connectivity index (χ0) is 17.6. The van der Waals surface area contributed by atoms with Crippen LogP contribution in [-0.4, -0.2) is 19.7 Å². The average Bonchev–Trinajstić information content (AvgIpc) is 3.11. The highest BCUT2D eigenvalue weighted by atomic mass is 32.2. The van der Waals surface area contributed by atoms with E-state index in [0.717, 1.165) is 20.7 Å². The second-order valence-corrected chi connectivity index (χ2v) is 8.64. The number of thioether (sulfide) groups is 1. The van der Waals surface area contributed by atoms with Crippen LogP contribution in [-0.2, 0) is 7.05 Å². The molecular weight excluding hydrogens is 344 g/mol. The summed E-state index contributed by atoms with van der Waals surface area (Å²) in [5.74, 6) is 1.46. The minimum atomic E-state index is -0.0808. The van der Waals surface area contributed by atoms with Crippen molar-refractivity contribution in [2.24, 2.45) is 7.05 Å². The first-order valence-corrected chi connectivity index (χ1v) is 9.46. The summed E-state index contributed by atoms with van der Waals surface area (Å²) < 4.78 is 6.95. The number of thiophene rings is 1. The third kappa shape index (κ3) is 2.88. The first-order chi connectivity index (χ1) is 11.3. The number of rotatable bonds is 4. The van der Waals surface area contributed by atoms with Crippen molar-refractivity contribution in [1.82, 2.24) is 19.7 Å². The molecule has 8 heteroatoms. The van der Waals surface area contributed by atoms with E-state index in [0.29, 0.717) is 16.9 Å². The van der Waals surface area contributed by atoms with E-state index in [1.165, 1.54) is 11.8 Å². The Morgan fingerprint density at radius 3 is 2.54 bits per heavy atom. The highest BCUT2D eigenvalue weighted by molar-refractivity contribution is 7.99. The molecule has 1 unspecified atom stereocenters. The van der Waals surface area contributed by atoms with Crippen LogP contribution in [0.2, 0.25) is 0 Å². The first kappa shape index (κ1) is 17.2. The number of aryl methyl sites for hydroxylation is 2. The molecule has 3 heterocycles. The van der Waals surface area contributed by atoms with Crippen LogP contribution < -0.4 is 5.56 Å². The molecule has 0 bridgehead atoms. The number of nitrogens with zero attached hydrogens (tertiary/aromatic N) is 4. The van der Waals surface area contributed by atoms with Gasteiger partial charge in [-0.05, 0) is 26.3 Å². The quantitative estimate of drug-likeness (QED) is 0.515. The Bertz CT molecular complexity index is 955. The Hall–Kier alpha value is -1.67. The summed E-state index contributed by atoms with van der Waals surface area (Å²) in [4.78, 5) is 23.7. The van der Waals surface area contributed by atoms with Gasteiger partial charge in [0.25, 0.3) is 5.56 Å². The summed E-state index contributed by atoms with van der Waals surface area (Å²) in [7, 11) is 1.75. The van der Waals surface area contributed by atoms with Crippen molar-refractivity contribution in [3.05, 3.63) is 32.5 Å². The Kier molecular flexibility index (Phi) is 4.52. The zero-order valence-corrected chi connectivity index (χ0v) is 16.2. The van der Waals surface area contributed by atoms with Crippen LogP contribution in [0.3, 0.4) is 0 Å². The maximum absolute atomic E-state index is 12.7. The molecule has 3 rings (SSSR count). The molecule has 0 fully saturated rings. The molecule has 128 valence electrons. The van der Waals surface area contributed by atoms with Gasteiger partial charge < -0.3 is 4.52 Å². The topological polar surface area (TPSA) is 73.8 Å². The van der Waals surface area contributed by atoms with Crippen LogP contribution in [0.5, 0.6) is 0 Å². The van der Waals surface area contributed by atoms with E-state index in [1.807, 2.05) is 34.6 Å². The van der Waals surface area contributed by atoms with Crippen molar-refractivity contribution in [3.63, 3.8) is 0 Å². The van der Waals surface area contributed by atoms with Crippen LogP contribution in [0.15, 0.2) is 14.5 Å². The summed E-state index contributed by atoms with van der Waals surface area (Å²) in [6.07, 6.45) is 0. The molecular formula is C16H20N4O2S2. The standard InChI is InChI=1S/C16H20N4O2S2/c1-7(2)12-17-13(22-19-12)10(5)24-16-18-14-11(15(21)20(16)6)8(3)9(4)23-14/h7,10H,1-6H3. The van der Waals surface area contributed by atoms with E-state index in [-0.39, 0.29) is 16.7 Å². The molecule has 1 atom stereocenters. The van der Waals surface area contributed by atoms with Crippen molar-refractivity contribution in [3.8, 4) is 0 Å². The molecule has 0 saturated carbocycles. The SMILES string of the molecule is Cc1sc2nc(SC(C)c3nc(C(C)C)no3)n(C)c(=O)c2c1C. The lowest BCUT2D eigenvalue weighted by molar-refractivity contribution is 0.373. The Labute approximate surface area is 148 Å². The van der Waals surface area contributed by atoms with Crippen LogP contribution in [0.25, 0.3) is 10.2 Å². The van der Waals surface area contributed by atoms with Crippen molar-refractivity contribution in [2.75, 3.05) is 0 Å².